The number of likely N-dealkylation sites (N-methyl/N-ethyl adjacent to an activating group) is 1. The van der Waals surface area contributed by atoms with Crippen LogP contribution in [-0.2, 0) is 16.1 Å². The minimum atomic E-state index is -0.552. The van der Waals surface area contributed by atoms with E-state index in [1.807, 2.05) is 55.5 Å². The topological polar surface area (TPSA) is 73.2 Å². The maximum Gasteiger partial charge on any atom is 0.263 e. The predicted octanol–water partition coefficient (Wildman–Crippen LogP) is 3.41. The number of nitriles is 1. The Bertz CT molecular complexity index is 945. The van der Waals surface area contributed by atoms with Gasteiger partial charge < -0.3 is 10.2 Å². The Kier molecular flexibility index (Phi) is 5.19. The quantitative estimate of drug-likeness (QED) is 0.620. The first kappa shape index (κ1) is 17.9. The Morgan fingerprint density at radius 2 is 1.96 bits per heavy atom. The molecule has 0 saturated carbocycles. The number of carbonyl (C=O) groups is 2. The average molecular weight is 410 g/mol. The van der Waals surface area contributed by atoms with Gasteiger partial charge in [-0.3, -0.25) is 9.59 Å². The van der Waals surface area contributed by atoms with Crippen molar-refractivity contribution in [2.24, 2.45) is 0 Å². The number of fused-ring (bicyclic) bond motifs is 1. The van der Waals surface area contributed by atoms with Crippen molar-refractivity contribution < 1.29 is 9.59 Å². The van der Waals surface area contributed by atoms with Crippen molar-refractivity contribution >= 4 is 39.0 Å². The van der Waals surface area contributed by atoms with Crippen LogP contribution in [0.3, 0.4) is 0 Å². The maximum absolute atomic E-state index is 12.8. The molecule has 0 aliphatic carbocycles. The molecule has 0 saturated heterocycles. The Labute approximate surface area is 160 Å². The number of hydrogen-bond acceptors (Lipinski definition) is 3. The van der Waals surface area contributed by atoms with E-state index in [4.69, 9.17) is 0 Å². The van der Waals surface area contributed by atoms with Crippen LogP contribution in [0.4, 0.5) is 5.69 Å². The van der Waals surface area contributed by atoms with Crippen LogP contribution < -0.4 is 10.2 Å². The van der Waals surface area contributed by atoms with E-state index in [2.05, 4.69) is 21.2 Å². The molecule has 1 heterocycles. The second-order valence-corrected chi connectivity index (χ2v) is 6.66. The van der Waals surface area contributed by atoms with Gasteiger partial charge in [-0.15, -0.1) is 0 Å². The molecule has 0 aromatic heterocycles. The Balaban J connectivity index is 1.98. The van der Waals surface area contributed by atoms with Crippen LogP contribution in [0.25, 0.3) is 5.57 Å². The third-order valence-electron chi connectivity index (χ3n) is 4.18. The van der Waals surface area contributed by atoms with E-state index in [9.17, 15) is 14.9 Å². The smallest absolute Gasteiger partial charge is 0.263 e. The van der Waals surface area contributed by atoms with E-state index >= 15 is 0 Å². The van der Waals surface area contributed by atoms with Crippen molar-refractivity contribution in [3.05, 3.63) is 69.7 Å². The molecule has 0 radical (unpaired) electrons. The summed E-state index contributed by atoms with van der Waals surface area (Å²) in [6.07, 6.45) is 0. The monoisotopic (exact) mass is 409 g/mol. The molecule has 0 unspecified atom stereocenters. The molecule has 2 aromatic rings. The highest BCUT2D eigenvalue weighted by atomic mass is 79.9. The Morgan fingerprint density at radius 3 is 2.62 bits per heavy atom. The molecule has 0 fully saturated rings. The van der Waals surface area contributed by atoms with Crippen molar-refractivity contribution in [3.63, 3.8) is 0 Å². The second kappa shape index (κ2) is 7.54. The van der Waals surface area contributed by atoms with Crippen LogP contribution in [0.15, 0.2) is 58.6 Å². The van der Waals surface area contributed by atoms with Gasteiger partial charge in [0.05, 0.1) is 11.3 Å². The van der Waals surface area contributed by atoms with Gasteiger partial charge in [0.2, 0.25) is 0 Å². The molecule has 5 nitrogen and oxygen atoms in total. The molecule has 0 spiro atoms. The predicted molar refractivity (Wildman–Crippen MR) is 103 cm³/mol. The number of amides is 2. The zero-order chi connectivity index (χ0) is 18.7. The summed E-state index contributed by atoms with van der Waals surface area (Å²) in [4.78, 5) is 27.0. The lowest BCUT2D eigenvalue weighted by atomic mass is 10.0. The molecule has 130 valence electrons. The van der Waals surface area contributed by atoms with E-state index in [0.29, 0.717) is 17.8 Å². The van der Waals surface area contributed by atoms with Gasteiger partial charge in [0.1, 0.15) is 11.6 Å². The fourth-order valence-electron chi connectivity index (χ4n) is 2.95. The van der Waals surface area contributed by atoms with Crippen LogP contribution in [0.5, 0.6) is 0 Å². The lowest BCUT2D eigenvalue weighted by molar-refractivity contribution is -0.118. The van der Waals surface area contributed by atoms with Gasteiger partial charge >= 0.3 is 0 Å². The minimum Gasteiger partial charge on any atom is -0.347 e. The van der Waals surface area contributed by atoms with Crippen molar-refractivity contribution in [1.29, 1.82) is 5.26 Å². The number of rotatable bonds is 4. The fourth-order valence-corrected chi connectivity index (χ4v) is 3.31. The molecule has 3 rings (SSSR count). The normalized spacial score (nSPS) is 14.7. The first-order valence-electron chi connectivity index (χ1n) is 8.15. The molecule has 26 heavy (non-hydrogen) atoms. The lowest BCUT2D eigenvalue weighted by Crippen LogP contribution is -2.29. The summed E-state index contributed by atoms with van der Waals surface area (Å²) in [6, 6.07) is 16.7. The van der Waals surface area contributed by atoms with Crippen LogP contribution in [0.1, 0.15) is 18.1 Å². The number of carbonyl (C=O) groups excluding carboxylic acids is 2. The number of nitrogens with one attached hydrogen (secondary N) is 1. The van der Waals surface area contributed by atoms with Gasteiger partial charge in [0.15, 0.2) is 0 Å². The van der Waals surface area contributed by atoms with Crippen molar-refractivity contribution in [1.82, 2.24) is 5.32 Å². The highest BCUT2D eigenvalue weighted by Crippen LogP contribution is 2.39. The molecular weight excluding hydrogens is 394 g/mol. The fraction of sp³-hybridized carbons (Fsp3) is 0.150. The van der Waals surface area contributed by atoms with Gasteiger partial charge in [0.25, 0.3) is 11.8 Å². The van der Waals surface area contributed by atoms with Gasteiger partial charge in [-0.1, -0.05) is 46.3 Å². The standard InChI is InChI=1S/C20H16BrN3O2/c1-2-24-17-9-8-14(21)10-15(17)18(20(24)26)16(11-22)19(25)23-12-13-6-4-3-5-7-13/h3-10H,2,12H2,1H3,(H,23,25)/b18-16+. The first-order valence-corrected chi connectivity index (χ1v) is 8.94. The summed E-state index contributed by atoms with van der Waals surface area (Å²) >= 11 is 3.39. The molecular formula is C20H16BrN3O2. The lowest BCUT2D eigenvalue weighted by Gasteiger charge is -2.13. The summed E-state index contributed by atoms with van der Waals surface area (Å²) in [5, 5.41) is 12.3. The van der Waals surface area contributed by atoms with Gasteiger partial charge in [-0.25, -0.2) is 0 Å². The largest absolute Gasteiger partial charge is 0.347 e. The van der Waals surface area contributed by atoms with Crippen LogP contribution in [0.2, 0.25) is 0 Å². The second-order valence-electron chi connectivity index (χ2n) is 5.74. The zero-order valence-corrected chi connectivity index (χ0v) is 15.7. The maximum atomic E-state index is 12.8. The summed E-state index contributed by atoms with van der Waals surface area (Å²) in [5.74, 6) is -0.879. The molecule has 0 atom stereocenters. The first-order chi connectivity index (χ1) is 12.6. The number of halogens is 1. The summed E-state index contributed by atoms with van der Waals surface area (Å²) < 4.78 is 0.779. The average Bonchev–Trinajstić information content (AvgIpc) is 2.92. The highest BCUT2D eigenvalue weighted by Gasteiger charge is 2.35. The third kappa shape index (κ3) is 3.26. The number of hydrogen-bond donors (Lipinski definition) is 1. The van der Waals surface area contributed by atoms with E-state index in [1.165, 1.54) is 0 Å². The number of nitrogens with zero attached hydrogens (tertiary/aromatic N) is 2. The van der Waals surface area contributed by atoms with Gasteiger partial charge in [0, 0.05) is 23.1 Å². The summed E-state index contributed by atoms with van der Waals surface area (Å²) in [6.45, 7) is 2.60. The van der Waals surface area contributed by atoms with Crippen molar-refractivity contribution in [2.75, 3.05) is 11.4 Å². The van der Waals surface area contributed by atoms with Crippen LogP contribution >= 0.6 is 15.9 Å². The van der Waals surface area contributed by atoms with Crippen LogP contribution in [0, 0.1) is 11.3 Å². The van der Waals surface area contributed by atoms with Crippen molar-refractivity contribution in [3.8, 4) is 6.07 Å². The molecule has 2 aromatic carbocycles. The number of anilines is 1. The molecule has 6 heteroatoms. The zero-order valence-electron chi connectivity index (χ0n) is 14.1. The van der Waals surface area contributed by atoms with E-state index < -0.39 is 5.91 Å². The minimum absolute atomic E-state index is 0.149. The van der Waals surface area contributed by atoms with E-state index in [-0.39, 0.29) is 23.6 Å². The third-order valence-corrected chi connectivity index (χ3v) is 4.67. The van der Waals surface area contributed by atoms with Crippen LogP contribution in [-0.4, -0.2) is 18.4 Å². The summed E-state index contributed by atoms with van der Waals surface area (Å²) in [7, 11) is 0. The van der Waals surface area contributed by atoms with E-state index in [1.54, 1.807) is 11.0 Å². The Hall–Kier alpha value is -2.91. The van der Waals surface area contributed by atoms with Gasteiger partial charge in [-0.05, 0) is 30.7 Å². The molecule has 1 aliphatic rings. The van der Waals surface area contributed by atoms with Gasteiger partial charge in [-0.2, -0.15) is 5.26 Å². The Morgan fingerprint density at radius 1 is 1.23 bits per heavy atom. The highest BCUT2D eigenvalue weighted by molar-refractivity contribution is 9.10. The molecule has 0 bridgehead atoms. The summed E-state index contributed by atoms with van der Waals surface area (Å²) in [5.41, 5.74) is 2.20. The molecule has 2 amide bonds. The van der Waals surface area contributed by atoms with E-state index in [0.717, 1.165) is 10.0 Å². The molecule has 1 aliphatic heterocycles. The number of benzene rings is 2. The molecule has 1 N–H and O–H groups in total. The van der Waals surface area contributed by atoms with Crippen molar-refractivity contribution in [2.45, 2.75) is 13.5 Å². The SMILES string of the molecule is CCN1C(=O)/C(=C(\C#N)C(=O)NCc2ccccc2)c2cc(Br)ccc21.